The van der Waals surface area contributed by atoms with E-state index in [-0.39, 0.29) is 41.5 Å². The van der Waals surface area contributed by atoms with Crippen LogP contribution in [0.4, 0.5) is 0 Å². The summed E-state index contributed by atoms with van der Waals surface area (Å²) in [5, 5.41) is 32.2. The van der Waals surface area contributed by atoms with Gasteiger partial charge in [0.25, 0.3) is 0 Å². The molecule has 1 heterocycles. The third-order valence-corrected chi connectivity index (χ3v) is 11.7. The van der Waals surface area contributed by atoms with Crippen LogP contribution in [0.5, 0.6) is 0 Å². The number of aliphatic hydroxyl groups is 3. The maximum atomic E-state index is 11.5. The van der Waals surface area contributed by atoms with Gasteiger partial charge in [-0.2, -0.15) is 0 Å². The summed E-state index contributed by atoms with van der Waals surface area (Å²) in [6.07, 6.45) is 9.52. The Bertz CT molecular complexity index is 772. The number of esters is 1. The zero-order chi connectivity index (χ0) is 25.0. The van der Waals surface area contributed by atoms with Crippen molar-refractivity contribution in [1.29, 1.82) is 0 Å². The number of ether oxygens (including phenoxy) is 2. The first-order chi connectivity index (χ1) is 16.6. The number of hydrogen-bond donors (Lipinski definition) is 3. The topological polar surface area (TPSA) is 96.2 Å². The summed E-state index contributed by atoms with van der Waals surface area (Å²) in [5.74, 6) is 2.85. The molecule has 0 aromatic rings. The second kappa shape index (κ2) is 9.89. The molecule has 0 spiro atoms. The molecule has 12 atom stereocenters. The van der Waals surface area contributed by atoms with E-state index in [2.05, 4.69) is 20.8 Å². The summed E-state index contributed by atoms with van der Waals surface area (Å²) in [5.41, 5.74) is 0.513. The van der Waals surface area contributed by atoms with Gasteiger partial charge in [0.2, 0.25) is 0 Å². The first-order valence-electron chi connectivity index (χ1n) is 14.5. The van der Waals surface area contributed by atoms with Crippen LogP contribution in [0.25, 0.3) is 0 Å². The SMILES string of the molecule is CC(CCC(O)OC1CCOC(=O)C1)C1CCC2C3C(O)CC4CC(O)CCC4(C)C3CCC12C. The second-order valence-corrected chi connectivity index (χ2v) is 13.4. The van der Waals surface area contributed by atoms with Crippen LogP contribution in [-0.2, 0) is 14.3 Å². The van der Waals surface area contributed by atoms with Crippen molar-refractivity contribution in [2.75, 3.05) is 6.61 Å². The third-order valence-electron chi connectivity index (χ3n) is 11.7. The van der Waals surface area contributed by atoms with Gasteiger partial charge in [0, 0.05) is 6.42 Å². The Kier molecular flexibility index (Phi) is 7.33. The van der Waals surface area contributed by atoms with Gasteiger partial charge in [0.15, 0.2) is 6.29 Å². The predicted octanol–water partition coefficient (Wildman–Crippen LogP) is 4.43. The summed E-state index contributed by atoms with van der Waals surface area (Å²) in [7, 11) is 0. The molecule has 35 heavy (non-hydrogen) atoms. The van der Waals surface area contributed by atoms with E-state index >= 15 is 0 Å². The first kappa shape index (κ1) is 25.9. The van der Waals surface area contributed by atoms with Gasteiger partial charge in [-0.1, -0.05) is 20.8 Å². The van der Waals surface area contributed by atoms with E-state index in [0.717, 1.165) is 32.1 Å². The van der Waals surface area contributed by atoms with E-state index in [4.69, 9.17) is 9.47 Å². The van der Waals surface area contributed by atoms with Crippen molar-refractivity contribution in [3.8, 4) is 0 Å². The van der Waals surface area contributed by atoms with Gasteiger partial charge in [-0.25, -0.2) is 0 Å². The van der Waals surface area contributed by atoms with Gasteiger partial charge < -0.3 is 24.8 Å². The highest BCUT2D eigenvalue weighted by atomic mass is 16.6. The molecule has 5 aliphatic rings. The minimum absolute atomic E-state index is 0.186. The van der Waals surface area contributed by atoms with Crippen molar-refractivity contribution in [1.82, 2.24) is 0 Å². The fourth-order valence-corrected chi connectivity index (χ4v) is 9.84. The molecule has 5 fully saturated rings. The number of cyclic esters (lactones) is 1. The molecular weight excluding hydrogens is 444 g/mol. The van der Waals surface area contributed by atoms with E-state index in [0.29, 0.717) is 55.0 Å². The lowest BCUT2D eigenvalue weighted by atomic mass is 9.43. The number of aliphatic hydroxyl groups excluding tert-OH is 3. The van der Waals surface area contributed by atoms with Crippen molar-refractivity contribution in [2.45, 2.75) is 122 Å². The van der Waals surface area contributed by atoms with Crippen LogP contribution in [0.3, 0.4) is 0 Å². The van der Waals surface area contributed by atoms with Crippen LogP contribution >= 0.6 is 0 Å². The number of carbonyl (C=O) groups excluding carboxylic acids is 1. The van der Waals surface area contributed by atoms with Crippen molar-refractivity contribution >= 4 is 5.97 Å². The molecule has 12 unspecified atom stereocenters. The lowest BCUT2D eigenvalue weighted by Crippen LogP contribution is -2.58. The van der Waals surface area contributed by atoms with Crippen molar-refractivity contribution in [2.24, 2.45) is 46.3 Å². The molecule has 5 rings (SSSR count). The maximum Gasteiger partial charge on any atom is 0.308 e. The molecule has 3 N–H and O–H groups in total. The summed E-state index contributed by atoms with van der Waals surface area (Å²) in [4.78, 5) is 11.5. The fraction of sp³-hybridized carbons (Fsp3) is 0.966. The van der Waals surface area contributed by atoms with Crippen LogP contribution in [0.1, 0.15) is 97.8 Å². The van der Waals surface area contributed by atoms with E-state index in [1.54, 1.807) is 0 Å². The second-order valence-electron chi connectivity index (χ2n) is 13.4. The molecule has 1 saturated heterocycles. The van der Waals surface area contributed by atoms with E-state index in [1.165, 1.54) is 25.7 Å². The highest BCUT2D eigenvalue weighted by Gasteiger charge is 2.62. The van der Waals surface area contributed by atoms with Crippen LogP contribution in [0.2, 0.25) is 0 Å². The number of rotatable bonds is 6. The average Bonchev–Trinajstić information content (AvgIpc) is 3.16. The summed E-state index contributed by atoms with van der Waals surface area (Å²) < 4.78 is 10.7. The zero-order valence-corrected chi connectivity index (χ0v) is 22.0. The predicted molar refractivity (Wildman–Crippen MR) is 132 cm³/mol. The fourth-order valence-electron chi connectivity index (χ4n) is 9.84. The van der Waals surface area contributed by atoms with E-state index in [9.17, 15) is 20.1 Å². The summed E-state index contributed by atoms with van der Waals surface area (Å²) in [6, 6.07) is 0. The quantitative estimate of drug-likeness (QED) is 0.375. The molecular formula is C29H48O6. The van der Waals surface area contributed by atoms with Crippen molar-refractivity contribution in [3.05, 3.63) is 0 Å². The molecule has 0 amide bonds. The van der Waals surface area contributed by atoms with Crippen molar-refractivity contribution < 1.29 is 29.6 Å². The average molecular weight is 493 g/mol. The van der Waals surface area contributed by atoms with Crippen LogP contribution < -0.4 is 0 Å². The van der Waals surface area contributed by atoms with Crippen LogP contribution in [0, 0.1) is 46.3 Å². The number of hydrogen-bond acceptors (Lipinski definition) is 6. The Hall–Kier alpha value is -0.690. The Balaban J connectivity index is 1.21. The Morgan fingerprint density at radius 3 is 2.51 bits per heavy atom. The maximum absolute atomic E-state index is 11.5. The van der Waals surface area contributed by atoms with Gasteiger partial charge in [-0.3, -0.25) is 4.79 Å². The van der Waals surface area contributed by atoms with Gasteiger partial charge in [0.05, 0.1) is 31.3 Å². The standard InChI is InChI=1S/C29H48O6/c1-17(4-7-25(32)35-20-10-13-34-26(33)16-20)21-5-6-22-27-23(9-12-29(21,22)3)28(2)11-8-19(30)14-18(28)15-24(27)31/h17-25,27,30-32H,4-16H2,1-3H3. The normalized spacial score (nSPS) is 49.4. The highest BCUT2D eigenvalue weighted by molar-refractivity contribution is 5.70. The smallest absolute Gasteiger partial charge is 0.308 e. The van der Waals surface area contributed by atoms with Gasteiger partial charge in [-0.15, -0.1) is 0 Å². The first-order valence-corrected chi connectivity index (χ1v) is 14.5. The molecule has 0 radical (unpaired) electrons. The Labute approximate surface area is 211 Å². The Morgan fingerprint density at radius 1 is 1.00 bits per heavy atom. The largest absolute Gasteiger partial charge is 0.465 e. The lowest BCUT2D eigenvalue weighted by molar-refractivity contribution is -0.178. The van der Waals surface area contributed by atoms with E-state index < -0.39 is 6.29 Å². The van der Waals surface area contributed by atoms with Gasteiger partial charge in [0.1, 0.15) is 0 Å². The van der Waals surface area contributed by atoms with Crippen LogP contribution in [-0.4, -0.2) is 52.5 Å². The molecule has 4 saturated carbocycles. The molecule has 1 aliphatic heterocycles. The van der Waals surface area contributed by atoms with Crippen molar-refractivity contribution in [3.63, 3.8) is 0 Å². The number of carbonyl (C=O) groups is 1. The lowest BCUT2D eigenvalue weighted by Gasteiger charge is -2.62. The minimum atomic E-state index is -0.826. The summed E-state index contributed by atoms with van der Waals surface area (Å²) >= 11 is 0. The molecule has 4 aliphatic carbocycles. The zero-order valence-electron chi connectivity index (χ0n) is 22.0. The highest BCUT2D eigenvalue weighted by Crippen LogP contribution is 2.68. The molecule has 0 aromatic heterocycles. The Morgan fingerprint density at radius 2 is 1.74 bits per heavy atom. The summed E-state index contributed by atoms with van der Waals surface area (Å²) in [6.45, 7) is 7.68. The molecule has 6 heteroatoms. The molecule has 0 bridgehead atoms. The van der Waals surface area contributed by atoms with Gasteiger partial charge in [-0.05, 0) is 111 Å². The molecule has 6 nitrogen and oxygen atoms in total. The molecule has 200 valence electrons. The van der Waals surface area contributed by atoms with E-state index in [1.807, 2.05) is 0 Å². The van der Waals surface area contributed by atoms with Crippen LogP contribution in [0.15, 0.2) is 0 Å². The third kappa shape index (κ3) is 4.70. The van der Waals surface area contributed by atoms with Gasteiger partial charge >= 0.3 is 5.97 Å². The monoisotopic (exact) mass is 492 g/mol. The molecule has 0 aromatic carbocycles. The minimum Gasteiger partial charge on any atom is -0.465 e. The number of fused-ring (bicyclic) bond motifs is 5.